The minimum absolute atomic E-state index is 0.129. The molecule has 0 amide bonds. The van der Waals surface area contributed by atoms with Crippen molar-refractivity contribution in [2.24, 2.45) is 0 Å². The van der Waals surface area contributed by atoms with Crippen LogP contribution in [0.1, 0.15) is 33.4 Å². The fourth-order valence-electron chi connectivity index (χ4n) is 2.03. The lowest BCUT2D eigenvalue weighted by molar-refractivity contribution is 0.435. The lowest BCUT2D eigenvalue weighted by Gasteiger charge is -2.20. The highest BCUT2D eigenvalue weighted by molar-refractivity contribution is 5.56. The van der Waals surface area contributed by atoms with Crippen LogP contribution in [0.3, 0.4) is 0 Å². The highest BCUT2D eigenvalue weighted by Crippen LogP contribution is 2.17. The fraction of sp³-hybridized carbons (Fsp3) is 0.471. The van der Waals surface area contributed by atoms with E-state index in [9.17, 15) is 0 Å². The molecule has 0 saturated carbocycles. The Morgan fingerprint density at radius 2 is 1.77 bits per heavy atom. The summed E-state index contributed by atoms with van der Waals surface area (Å²) in [5, 5.41) is 6.83. The van der Waals surface area contributed by atoms with Crippen LogP contribution in [-0.4, -0.2) is 33.6 Å². The topological polar surface area (TPSA) is 62.7 Å². The quantitative estimate of drug-likeness (QED) is 0.803. The molecule has 0 saturated heterocycles. The predicted octanol–water partition coefficient (Wildman–Crippen LogP) is 2.90. The summed E-state index contributed by atoms with van der Waals surface area (Å²) >= 11 is 0. The number of hydrogen-bond acceptors (Lipinski definition) is 5. The molecule has 22 heavy (non-hydrogen) atoms. The fourth-order valence-corrected chi connectivity index (χ4v) is 2.03. The standard InChI is InChI=1S/C17H25N5/c1-5-14-12-15(19-10-11-20-17(2,3)4)22-16(21-14)13-6-8-18-9-7-13/h6-9,12,20H,5,10-11H2,1-4H3,(H,19,21,22). The molecule has 0 unspecified atom stereocenters. The second-order valence-corrected chi connectivity index (χ2v) is 6.26. The molecular weight excluding hydrogens is 274 g/mol. The zero-order valence-corrected chi connectivity index (χ0v) is 13.8. The first-order valence-corrected chi connectivity index (χ1v) is 7.75. The molecule has 5 heteroatoms. The molecule has 118 valence electrons. The van der Waals surface area contributed by atoms with E-state index in [1.807, 2.05) is 18.2 Å². The molecule has 2 heterocycles. The summed E-state index contributed by atoms with van der Waals surface area (Å²) in [4.78, 5) is 13.2. The van der Waals surface area contributed by atoms with E-state index in [1.165, 1.54) is 0 Å². The minimum Gasteiger partial charge on any atom is -0.369 e. The van der Waals surface area contributed by atoms with Gasteiger partial charge in [0.05, 0.1) is 0 Å². The van der Waals surface area contributed by atoms with Gasteiger partial charge in [0.15, 0.2) is 5.82 Å². The summed E-state index contributed by atoms with van der Waals surface area (Å²) in [5.41, 5.74) is 2.15. The van der Waals surface area contributed by atoms with Gasteiger partial charge in [-0.05, 0) is 39.3 Å². The number of nitrogens with zero attached hydrogens (tertiary/aromatic N) is 3. The third kappa shape index (κ3) is 5.07. The molecule has 0 radical (unpaired) electrons. The summed E-state index contributed by atoms with van der Waals surface area (Å²) in [6.07, 6.45) is 4.41. The van der Waals surface area contributed by atoms with Crippen LogP contribution in [0.2, 0.25) is 0 Å². The Bertz CT molecular complexity index is 590. The number of aromatic nitrogens is 3. The van der Waals surface area contributed by atoms with Crippen LogP contribution >= 0.6 is 0 Å². The Kier molecular flexibility index (Phi) is 5.44. The Hall–Kier alpha value is -2.01. The van der Waals surface area contributed by atoms with Gasteiger partial charge in [-0.3, -0.25) is 4.98 Å². The lowest BCUT2D eigenvalue weighted by Crippen LogP contribution is -2.38. The van der Waals surface area contributed by atoms with Crippen molar-refractivity contribution in [3.8, 4) is 11.4 Å². The normalized spacial score (nSPS) is 11.5. The van der Waals surface area contributed by atoms with Gasteiger partial charge in [0.1, 0.15) is 5.82 Å². The van der Waals surface area contributed by atoms with E-state index in [0.29, 0.717) is 0 Å². The van der Waals surface area contributed by atoms with E-state index in [0.717, 1.165) is 42.4 Å². The molecule has 2 aromatic rings. The Labute approximate surface area is 132 Å². The van der Waals surface area contributed by atoms with Crippen LogP contribution in [0.5, 0.6) is 0 Å². The summed E-state index contributed by atoms with van der Waals surface area (Å²) < 4.78 is 0. The maximum atomic E-state index is 4.61. The molecule has 0 aromatic carbocycles. The van der Waals surface area contributed by atoms with Gasteiger partial charge >= 0.3 is 0 Å². The van der Waals surface area contributed by atoms with Crippen LogP contribution in [0.15, 0.2) is 30.6 Å². The molecular formula is C17H25N5. The van der Waals surface area contributed by atoms with E-state index in [-0.39, 0.29) is 5.54 Å². The van der Waals surface area contributed by atoms with Crippen molar-refractivity contribution in [2.45, 2.75) is 39.7 Å². The summed E-state index contributed by atoms with van der Waals surface area (Å²) in [7, 11) is 0. The van der Waals surface area contributed by atoms with Gasteiger partial charge in [0.2, 0.25) is 0 Å². The first-order chi connectivity index (χ1) is 10.5. The van der Waals surface area contributed by atoms with Gasteiger partial charge in [-0.15, -0.1) is 0 Å². The first-order valence-electron chi connectivity index (χ1n) is 7.75. The van der Waals surface area contributed by atoms with E-state index in [1.54, 1.807) is 12.4 Å². The van der Waals surface area contributed by atoms with Crippen LogP contribution in [-0.2, 0) is 6.42 Å². The number of anilines is 1. The van der Waals surface area contributed by atoms with E-state index in [4.69, 9.17) is 0 Å². The average molecular weight is 299 g/mol. The van der Waals surface area contributed by atoms with Crippen molar-refractivity contribution in [3.63, 3.8) is 0 Å². The third-order valence-corrected chi connectivity index (χ3v) is 3.17. The average Bonchev–Trinajstić information content (AvgIpc) is 2.51. The maximum Gasteiger partial charge on any atom is 0.161 e. The van der Waals surface area contributed by atoms with Crippen molar-refractivity contribution in [3.05, 3.63) is 36.3 Å². The molecule has 2 aromatic heterocycles. The largest absolute Gasteiger partial charge is 0.369 e. The summed E-state index contributed by atoms with van der Waals surface area (Å²) in [5.74, 6) is 1.61. The summed E-state index contributed by atoms with van der Waals surface area (Å²) in [6.45, 7) is 10.3. The Morgan fingerprint density at radius 3 is 2.41 bits per heavy atom. The molecule has 2 N–H and O–H groups in total. The molecule has 0 bridgehead atoms. The maximum absolute atomic E-state index is 4.61. The van der Waals surface area contributed by atoms with Gasteiger partial charge in [-0.25, -0.2) is 9.97 Å². The molecule has 0 spiro atoms. The highest BCUT2D eigenvalue weighted by Gasteiger charge is 2.08. The monoisotopic (exact) mass is 299 g/mol. The number of rotatable bonds is 6. The van der Waals surface area contributed by atoms with Crippen molar-refractivity contribution in [2.75, 3.05) is 18.4 Å². The molecule has 0 aliphatic carbocycles. The van der Waals surface area contributed by atoms with Crippen LogP contribution in [0.25, 0.3) is 11.4 Å². The number of nitrogens with one attached hydrogen (secondary N) is 2. The smallest absolute Gasteiger partial charge is 0.161 e. The highest BCUT2D eigenvalue weighted by atomic mass is 15.1. The second-order valence-electron chi connectivity index (χ2n) is 6.26. The van der Waals surface area contributed by atoms with Gasteiger partial charge in [-0.2, -0.15) is 0 Å². The van der Waals surface area contributed by atoms with Crippen molar-refractivity contribution in [1.82, 2.24) is 20.3 Å². The minimum atomic E-state index is 0.129. The van der Waals surface area contributed by atoms with E-state index < -0.39 is 0 Å². The second kappa shape index (κ2) is 7.31. The van der Waals surface area contributed by atoms with Crippen molar-refractivity contribution < 1.29 is 0 Å². The van der Waals surface area contributed by atoms with Crippen LogP contribution in [0.4, 0.5) is 5.82 Å². The number of hydrogen-bond donors (Lipinski definition) is 2. The predicted molar refractivity (Wildman–Crippen MR) is 90.9 cm³/mol. The molecule has 2 rings (SSSR count). The molecule has 0 aliphatic heterocycles. The SMILES string of the molecule is CCc1cc(NCCNC(C)(C)C)nc(-c2ccncc2)n1. The molecule has 0 atom stereocenters. The van der Waals surface area contributed by atoms with Gasteiger partial charge in [-0.1, -0.05) is 6.92 Å². The van der Waals surface area contributed by atoms with Crippen molar-refractivity contribution in [1.29, 1.82) is 0 Å². The zero-order valence-electron chi connectivity index (χ0n) is 13.8. The van der Waals surface area contributed by atoms with Crippen LogP contribution in [0, 0.1) is 0 Å². The first kappa shape index (κ1) is 16.4. The summed E-state index contributed by atoms with van der Waals surface area (Å²) in [6, 6.07) is 5.88. The van der Waals surface area contributed by atoms with Crippen molar-refractivity contribution >= 4 is 5.82 Å². The zero-order chi connectivity index (χ0) is 16.0. The Balaban J connectivity index is 2.08. The van der Waals surface area contributed by atoms with Gasteiger partial charge in [0.25, 0.3) is 0 Å². The van der Waals surface area contributed by atoms with Crippen LogP contribution < -0.4 is 10.6 Å². The molecule has 0 aliphatic rings. The third-order valence-electron chi connectivity index (χ3n) is 3.17. The number of pyridine rings is 1. The van der Waals surface area contributed by atoms with Gasteiger partial charge < -0.3 is 10.6 Å². The van der Waals surface area contributed by atoms with Gasteiger partial charge in [0, 0.05) is 48.3 Å². The van der Waals surface area contributed by atoms with E-state index >= 15 is 0 Å². The number of aryl methyl sites for hydroxylation is 1. The molecule has 0 fully saturated rings. The van der Waals surface area contributed by atoms with E-state index in [2.05, 4.69) is 53.3 Å². The lowest BCUT2D eigenvalue weighted by atomic mass is 10.1. The molecule has 5 nitrogen and oxygen atoms in total. The Morgan fingerprint density at radius 1 is 1.05 bits per heavy atom.